The summed E-state index contributed by atoms with van der Waals surface area (Å²) < 4.78 is 27.5. The van der Waals surface area contributed by atoms with Crippen molar-refractivity contribution in [2.24, 2.45) is 7.05 Å². The lowest BCUT2D eigenvalue weighted by Gasteiger charge is -2.14. The zero-order chi connectivity index (χ0) is 20.8. The highest BCUT2D eigenvalue weighted by Crippen LogP contribution is 2.33. The number of nitrogens with zero attached hydrogens (tertiary/aromatic N) is 3. The number of rotatable bonds is 5. The molecule has 28 heavy (non-hydrogen) atoms. The molecule has 0 aliphatic heterocycles. The van der Waals surface area contributed by atoms with E-state index in [1.54, 1.807) is 37.2 Å². The van der Waals surface area contributed by atoms with Crippen LogP contribution in [0.1, 0.15) is 32.6 Å². The van der Waals surface area contributed by atoms with Crippen molar-refractivity contribution in [3.63, 3.8) is 0 Å². The largest absolute Gasteiger partial charge is 0.494 e. The Balaban J connectivity index is 2.18. The number of aryl methyl sites for hydroxylation is 3. The van der Waals surface area contributed by atoms with E-state index in [0.29, 0.717) is 5.56 Å². The minimum atomic E-state index is -3.58. The number of aromatic nitrogens is 3. The van der Waals surface area contributed by atoms with Gasteiger partial charge in [-0.05, 0) is 37.1 Å². The molecule has 0 aliphatic rings. The summed E-state index contributed by atoms with van der Waals surface area (Å²) in [5.41, 5.74) is 2.05. The van der Waals surface area contributed by atoms with Crippen molar-refractivity contribution >= 4 is 27.2 Å². The molecule has 9 heteroatoms. The van der Waals surface area contributed by atoms with Gasteiger partial charge < -0.3 is 9.67 Å². The molecule has 2 heterocycles. The molecule has 3 aromatic rings. The molecule has 148 valence electrons. The Morgan fingerprint density at radius 2 is 1.93 bits per heavy atom. The number of aromatic hydroxyl groups is 1. The molecule has 0 unspecified atom stereocenters. The van der Waals surface area contributed by atoms with Crippen LogP contribution < -0.4 is 0 Å². The highest BCUT2D eigenvalue weighted by atomic mass is 35.5. The maximum atomic E-state index is 13.1. The smallest absolute Gasteiger partial charge is 0.202 e. The van der Waals surface area contributed by atoms with E-state index in [0.717, 1.165) is 11.8 Å². The average Bonchev–Trinajstić information content (AvgIpc) is 3.10. The van der Waals surface area contributed by atoms with Crippen LogP contribution in [-0.2, 0) is 23.4 Å². The molecule has 1 aromatic carbocycles. The molecule has 0 aliphatic carbocycles. The molecular formula is C19H20ClN3O4S. The van der Waals surface area contributed by atoms with Crippen molar-refractivity contribution in [1.29, 1.82) is 0 Å². The fraction of sp³-hybridized carbons (Fsp3) is 0.263. The predicted molar refractivity (Wildman–Crippen MR) is 106 cm³/mol. The van der Waals surface area contributed by atoms with Crippen molar-refractivity contribution < 1.29 is 18.3 Å². The van der Waals surface area contributed by atoms with Crippen LogP contribution in [0.3, 0.4) is 0 Å². The monoisotopic (exact) mass is 421 g/mol. The van der Waals surface area contributed by atoms with Crippen LogP contribution in [0.2, 0.25) is 5.02 Å². The summed E-state index contributed by atoms with van der Waals surface area (Å²) in [5.74, 6) is -0.645. The lowest BCUT2D eigenvalue weighted by atomic mass is 10.00. The Bertz CT molecular complexity index is 1190. The van der Waals surface area contributed by atoms with Gasteiger partial charge in [-0.1, -0.05) is 11.6 Å². The van der Waals surface area contributed by atoms with E-state index in [1.807, 2.05) is 6.92 Å². The lowest BCUT2D eigenvalue weighted by Crippen LogP contribution is -2.12. The summed E-state index contributed by atoms with van der Waals surface area (Å²) in [6.07, 6.45) is 6.12. The topological polar surface area (TPSA) is 94.2 Å². The number of halogens is 1. The van der Waals surface area contributed by atoms with Crippen molar-refractivity contribution in [3.8, 4) is 5.88 Å². The second-order valence-corrected chi connectivity index (χ2v) is 9.20. The highest BCUT2D eigenvalue weighted by molar-refractivity contribution is 7.90. The Kier molecular flexibility index (Phi) is 5.12. The first-order chi connectivity index (χ1) is 13.0. The van der Waals surface area contributed by atoms with Crippen LogP contribution in [0.25, 0.3) is 0 Å². The summed E-state index contributed by atoms with van der Waals surface area (Å²) in [4.78, 5) is 13.1. The van der Waals surface area contributed by atoms with Crippen molar-refractivity contribution in [2.45, 2.75) is 25.3 Å². The Hall–Kier alpha value is -2.58. The van der Waals surface area contributed by atoms with Gasteiger partial charge in [0.1, 0.15) is 0 Å². The molecule has 0 atom stereocenters. The Morgan fingerprint density at radius 1 is 1.25 bits per heavy atom. The fourth-order valence-electron chi connectivity index (χ4n) is 3.17. The number of sulfone groups is 1. The molecule has 7 nitrogen and oxygen atoms in total. The summed E-state index contributed by atoms with van der Waals surface area (Å²) >= 11 is 6.52. The number of hydrogen-bond donors (Lipinski definition) is 1. The van der Waals surface area contributed by atoms with E-state index < -0.39 is 15.6 Å². The minimum Gasteiger partial charge on any atom is -0.494 e. The summed E-state index contributed by atoms with van der Waals surface area (Å²) in [6.45, 7) is 3.67. The first kappa shape index (κ1) is 20.2. The first-order valence-corrected chi connectivity index (χ1v) is 10.7. The van der Waals surface area contributed by atoms with E-state index >= 15 is 0 Å². The number of carbonyl (C=O) groups is 1. The standard InChI is InChI=1S/C19H20ClN3O4S/c1-11-7-21-23(8-11)10-14-15(28(4,26)27)6-5-13(17(14)20)18(24)16-12(2)9-22(3)19(16)25/h5-9,25H,10H2,1-4H3. The third-order valence-electron chi connectivity index (χ3n) is 4.49. The number of carbonyl (C=O) groups excluding carboxylic acids is 1. The maximum Gasteiger partial charge on any atom is 0.202 e. The third-order valence-corrected chi connectivity index (χ3v) is 6.11. The van der Waals surface area contributed by atoms with E-state index in [4.69, 9.17) is 11.6 Å². The SMILES string of the molecule is Cc1cnn(Cc2c(S(C)(=O)=O)ccc(C(=O)c3c(C)cn(C)c3O)c2Cl)c1. The quantitative estimate of drug-likeness (QED) is 0.639. The lowest BCUT2D eigenvalue weighted by molar-refractivity contribution is 0.103. The number of ketones is 1. The molecule has 0 bridgehead atoms. The zero-order valence-electron chi connectivity index (χ0n) is 15.9. The van der Waals surface area contributed by atoms with Gasteiger partial charge in [0.05, 0.1) is 28.2 Å². The Morgan fingerprint density at radius 3 is 2.43 bits per heavy atom. The number of benzene rings is 1. The fourth-order valence-corrected chi connectivity index (χ4v) is 4.47. The maximum absolute atomic E-state index is 13.1. The molecule has 0 saturated heterocycles. The van der Waals surface area contributed by atoms with Gasteiger partial charge in [-0.25, -0.2) is 8.42 Å². The normalized spacial score (nSPS) is 11.8. The Labute approximate surface area is 168 Å². The van der Waals surface area contributed by atoms with E-state index in [-0.39, 0.29) is 39.0 Å². The van der Waals surface area contributed by atoms with Gasteiger partial charge in [0, 0.05) is 36.8 Å². The summed E-state index contributed by atoms with van der Waals surface area (Å²) in [5, 5.41) is 14.4. The molecule has 0 amide bonds. The van der Waals surface area contributed by atoms with Crippen LogP contribution in [0, 0.1) is 13.8 Å². The van der Waals surface area contributed by atoms with Crippen LogP contribution in [0.15, 0.2) is 35.6 Å². The molecule has 3 rings (SSSR count). The molecule has 0 spiro atoms. The van der Waals surface area contributed by atoms with Gasteiger partial charge in [0.15, 0.2) is 15.6 Å². The molecule has 0 fully saturated rings. The van der Waals surface area contributed by atoms with Gasteiger partial charge in [0.2, 0.25) is 5.88 Å². The second kappa shape index (κ2) is 7.10. The third kappa shape index (κ3) is 3.57. The molecule has 0 saturated carbocycles. The van der Waals surface area contributed by atoms with Gasteiger partial charge >= 0.3 is 0 Å². The molecule has 0 radical (unpaired) electrons. The first-order valence-electron chi connectivity index (χ1n) is 8.40. The molecular weight excluding hydrogens is 402 g/mol. The van der Waals surface area contributed by atoms with E-state index in [2.05, 4.69) is 5.10 Å². The van der Waals surface area contributed by atoms with E-state index in [9.17, 15) is 18.3 Å². The van der Waals surface area contributed by atoms with Crippen molar-refractivity contribution in [3.05, 3.63) is 63.6 Å². The zero-order valence-corrected chi connectivity index (χ0v) is 17.5. The van der Waals surface area contributed by atoms with Gasteiger partial charge in [-0.3, -0.25) is 9.48 Å². The second-order valence-electron chi connectivity index (χ2n) is 6.84. The van der Waals surface area contributed by atoms with Crippen molar-refractivity contribution in [1.82, 2.24) is 14.3 Å². The average molecular weight is 422 g/mol. The van der Waals surface area contributed by atoms with Gasteiger partial charge in [0.25, 0.3) is 0 Å². The van der Waals surface area contributed by atoms with Gasteiger partial charge in [-0.2, -0.15) is 5.10 Å². The summed E-state index contributed by atoms with van der Waals surface area (Å²) in [7, 11) is -1.95. The van der Waals surface area contributed by atoms with Gasteiger partial charge in [-0.15, -0.1) is 0 Å². The minimum absolute atomic E-state index is 0.0312. The molecule has 1 N–H and O–H groups in total. The van der Waals surface area contributed by atoms with Crippen LogP contribution in [0.5, 0.6) is 5.88 Å². The van der Waals surface area contributed by atoms with E-state index in [1.165, 1.54) is 16.7 Å². The highest BCUT2D eigenvalue weighted by Gasteiger charge is 2.26. The van der Waals surface area contributed by atoms with Crippen LogP contribution >= 0.6 is 11.6 Å². The van der Waals surface area contributed by atoms with Crippen molar-refractivity contribution in [2.75, 3.05) is 6.26 Å². The predicted octanol–water partition coefficient (Wildman–Crippen LogP) is 2.88. The summed E-state index contributed by atoms with van der Waals surface area (Å²) in [6, 6.07) is 2.75. The molecule has 2 aromatic heterocycles. The number of hydrogen-bond acceptors (Lipinski definition) is 5. The van der Waals surface area contributed by atoms with Crippen LogP contribution in [-0.4, -0.2) is 39.9 Å². The van der Waals surface area contributed by atoms with Crippen LogP contribution in [0.4, 0.5) is 0 Å².